The van der Waals surface area contributed by atoms with Crippen molar-refractivity contribution in [2.75, 3.05) is 34.2 Å². The summed E-state index contributed by atoms with van der Waals surface area (Å²) in [5.74, 6) is -4.04. The lowest BCUT2D eigenvalue weighted by Gasteiger charge is -2.39. The van der Waals surface area contributed by atoms with E-state index in [0.29, 0.717) is 28.4 Å². The summed E-state index contributed by atoms with van der Waals surface area (Å²) < 4.78 is 44.9. The van der Waals surface area contributed by atoms with E-state index in [1.54, 1.807) is 17.8 Å². The van der Waals surface area contributed by atoms with Crippen LogP contribution in [-0.4, -0.2) is 76.6 Å². The van der Waals surface area contributed by atoms with Crippen molar-refractivity contribution in [2.24, 2.45) is 7.05 Å². The van der Waals surface area contributed by atoms with Crippen LogP contribution in [0.15, 0.2) is 47.3 Å². The van der Waals surface area contributed by atoms with E-state index in [9.17, 15) is 42.6 Å². The number of imidazole rings is 1. The van der Waals surface area contributed by atoms with Crippen molar-refractivity contribution >= 4 is 72.7 Å². The number of rotatable bonds is 6. The molecule has 3 fully saturated rings. The Morgan fingerprint density at radius 2 is 1.78 bits per heavy atom. The third kappa shape index (κ3) is 5.68. The summed E-state index contributed by atoms with van der Waals surface area (Å²) in [7, 11) is -2.76. The number of amides is 4. The molecule has 7 rings (SSSR count). The van der Waals surface area contributed by atoms with Gasteiger partial charge in [0.2, 0.25) is 17.7 Å². The average molecular weight is 710 g/mol. The van der Waals surface area contributed by atoms with Crippen LogP contribution in [0.5, 0.6) is 5.75 Å². The van der Waals surface area contributed by atoms with Crippen molar-refractivity contribution in [3.8, 4) is 5.75 Å². The van der Waals surface area contributed by atoms with Crippen molar-refractivity contribution in [3.63, 3.8) is 0 Å². The molecule has 1 atom stereocenters. The maximum absolute atomic E-state index is 15.4. The van der Waals surface area contributed by atoms with E-state index >= 15 is 4.39 Å². The van der Waals surface area contributed by atoms with E-state index < -0.39 is 63.4 Å². The highest BCUT2D eigenvalue weighted by Crippen LogP contribution is 2.39. The van der Waals surface area contributed by atoms with Crippen LogP contribution in [0.1, 0.15) is 38.1 Å². The number of aryl methyl sites for hydroxylation is 1. The highest BCUT2D eigenvalue weighted by molar-refractivity contribution is 7.92. The smallest absolute Gasteiger partial charge is 0.329 e. The summed E-state index contributed by atoms with van der Waals surface area (Å²) in [5, 5.41) is 26.9. The Morgan fingerprint density at radius 3 is 2.46 bits per heavy atom. The molecule has 18 heteroatoms. The number of benzene rings is 3. The predicted molar refractivity (Wildman–Crippen MR) is 178 cm³/mol. The van der Waals surface area contributed by atoms with E-state index in [-0.39, 0.29) is 60.2 Å². The molecule has 3 saturated heterocycles. The molecule has 5 N–H and O–H groups in total. The summed E-state index contributed by atoms with van der Waals surface area (Å²) in [6.07, 6.45) is 0.643. The minimum Gasteiger partial charge on any atom is -0.506 e. The summed E-state index contributed by atoms with van der Waals surface area (Å²) in [4.78, 5) is 63.9. The molecular formula is C32H32FN7O9S. The fourth-order valence-corrected chi connectivity index (χ4v) is 8.10. The lowest BCUT2D eigenvalue weighted by Crippen LogP contribution is -2.46. The van der Waals surface area contributed by atoms with Crippen LogP contribution in [0.25, 0.3) is 21.8 Å². The average Bonchev–Trinajstić information content (AvgIpc) is 3.46. The SMILES string of the molecule is Cn1c(=O)n(C2CCC(=O)NC2=O)c2ccc(N3CCC(O)(CC(=O)Nc4ccc5c(F)c(N6CC(=O)NS6(=O)=O)c(O)cc5c4)CC3)cc21. The Kier molecular flexibility index (Phi) is 7.82. The van der Waals surface area contributed by atoms with Crippen molar-refractivity contribution < 1.29 is 42.2 Å². The van der Waals surface area contributed by atoms with Crippen LogP contribution in [0, 0.1) is 5.82 Å². The first-order valence-corrected chi connectivity index (χ1v) is 17.2. The Morgan fingerprint density at radius 1 is 1.04 bits per heavy atom. The standard InChI is InChI=1S/C32H32FN7O9S/c1-37-23-14-19(3-5-21(23)40(31(37)46)22-6-7-25(42)35-30(22)45)38-10-8-32(47,9-11-38)15-26(43)34-18-2-4-20-17(12-18)13-24(41)29(28(20)33)39-16-27(44)36-50(39,48)49/h2-5,12-14,22,41,47H,6-11,15-16H2,1H3,(H,34,43)(H,36,44)(H,35,42,45). The van der Waals surface area contributed by atoms with Gasteiger partial charge in [0, 0.05) is 43.3 Å². The zero-order chi connectivity index (χ0) is 35.7. The fourth-order valence-electron chi connectivity index (χ4n) is 6.94. The normalized spacial score (nSPS) is 20.3. The molecule has 4 amide bonds. The molecule has 4 heterocycles. The summed E-state index contributed by atoms with van der Waals surface area (Å²) in [5.41, 5.74) is -0.168. The number of imide groups is 1. The zero-order valence-electron chi connectivity index (χ0n) is 26.6. The number of hydrogen-bond acceptors (Lipinski definition) is 10. The van der Waals surface area contributed by atoms with Gasteiger partial charge in [-0.2, -0.15) is 8.42 Å². The molecule has 1 unspecified atom stereocenters. The molecule has 0 saturated carbocycles. The van der Waals surface area contributed by atoms with Gasteiger partial charge in [0.05, 0.1) is 23.1 Å². The number of carbonyl (C=O) groups is 4. The molecule has 3 aromatic carbocycles. The first-order valence-electron chi connectivity index (χ1n) is 15.7. The first kappa shape index (κ1) is 33.0. The van der Waals surface area contributed by atoms with Gasteiger partial charge < -0.3 is 20.4 Å². The number of piperidine rings is 2. The van der Waals surface area contributed by atoms with Crippen LogP contribution in [0.2, 0.25) is 0 Å². The van der Waals surface area contributed by atoms with Gasteiger partial charge >= 0.3 is 15.9 Å². The van der Waals surface area contributed by atoms with Gasteiger partial charge in [-0.1, -0.05) is 0 Å². The molecule has 262 valence electrons. The molecule has 0 spiro atoms. The van der Waals surface area contributed by atoms with E-state index in [4.69, 9.17) is 0 Å². The molecule has 0 bridgehead atoms. The summed E-state index contributed by atoms with van der Waals surface area (Å²) in [6, 6.07) is 9.84. The van der Waals surface area contributed by atoms with E-state index in [1.807, 2.05) is 17.0 Å². The maximum atomic E-state index is 15.4. The van der Waals surface area contributed by atoms with Crippen molar-refractivity contribution in [3.05, 3.63) is 58.8 Å². The molecule has 3 aliphatic rings. The Bertz CT molecular complexity index is 2310. The van der Waals surface area contributed by atoms with Crippen molar-refractivity contribution in [1.29, 1.82) is 0 Å². The van der Waals surface area contributed by atoms with Gasteiger partial charge in [0.25, 0.3) is 5.91 Å². The second-order valence-corrected chi connectivity index (χ2v) is 14.4. The number of phenols is 1. The molecule has 0 radical (unpaired) electrons. The van der Waals surface area contributed by atoms with E-state index in [0.717, 1.165) is 11.8 Å². The van der Waals surface area contributed by atoms with Crippen molar-refractivity contribution in [2.45, 2.75) is 43.7 Å². The number of nitrogens with zero attached hydrogens (tertiary/aromatic N) is 4. The predicted octanol–water partition coefficient (Wildman–Crippen LogP) is 0.857. The molecule has 4 aromatic rings. The Labute approximate surface area is 283 Å². The number of fused-ring (bicyclic) bond motifs is 2. The second-order valence-electron chi connectivity index (χ2n) is 12.8. The highest BCUT2D eigenvalue weighted by atomic mass is 32.2. The van der Waals surface area contributed by atoms with E-state index in [1.165, 1.54) is 27.3 Å². The number of nitrogens with one attached hydrogen (secondary N) is 3. The topological polar surface area (TPSA) is 212 Å². The molecular weight excluding hydrogens is 677 g/mol. The minimum absolute atomic E-state index is 0.0536. The monoisotopic (exact) mass is 709 g/mol. The van der Waals surface area contributed by atoms with Gasteiger partial charge in [-0.3, -0.25) is 33.6 Å². The van der Waals surface area contributed by atoms with Crippen LogP contribution in [-0.2, 0) is 36.4 Å². The van der Waals surface area contributed by atoms with Gasteiger partial charge in [-0.05, 0) is 67.1 Å². The third-order valence-electron chi connectivity index (χ3n) is 9.53. The largest absolute Gasteiger partial charge is 0.506 e. The second kappa shape index (κ2) is 11.8. The maximum Gasteiger partial charge on any atom is 0.329 e. The fraction of sp³-hybridized carbons (Fsp3) is 0.344. The number of halogens is 1. The molecule has 16 nitrogen and oxygen atoms in total. The lowest BCUT2D eigenvalue weighted by atomic mass is 9.87. The van der Waals surface area contributed by atoms with E-state index in [2.05, 4.69) is 10.6 Å². The number of aromatic nitrogens is 2. The Hall–Kier alpha value is -5.49. The molecule has 50 heavy (non-hydrogen) atoms. The van der Waals surface area contributed by atoms with Crippen LogP contribution in [0.4, 0.5) is 21.5 Å². The Balaban J connectivity index is 1.02. The number of aliphatic hydroxyl groups is 1. The van der Waals surface area contributed by atoms with Crippen molar-refractivity contribution in [1.82, 2.24) is 19.2 Å². The number of anilines is 3. The highest BCUT2D eigenvalue weighted by Gasteiger charge is 2.38. The number of phenolic OH excluding ortho intramolecular Hbond substituents is 1. The number of carbonyl (C=O) groups excluding carboxylic acids is 4. The zero-order valence-corrected chi connectivity index (χ0v) is 27.4. The van der Waals surface area contributed by atoms with Gasteiger partial charge in [0.1, 0.15) is 24.0 Å². The summed E-state index contributed by atoms with van der Waals surface area (Å²) >= 11 is 0. The van der Waals surface area contributed by atoms with Crippen LogP contribution >= 0.6 is 0 Å². The summed E-state index contributed by atoms with van der Waals surface area (Å²) in [6.45, 7) is 0.119. The van der Waals surface area contributed by atoms with Gasteiger partial charge in [-0.25, -0.2) is 18.2 Å². The third-order valence-corrected chi connectivity index (χ3v) is 10.9. The minimum atomic E-state index is -4.37. The van der Waals surface area contributed by atoms with Gasteiger partial charge in [0.15, 0.2) is 5.82 Å². The number of aromatic hydroxyl groups is 1. The number of hydrogen-bond donors (Lipinski definition) is 5. The quantitative estimate of drug-likeness (QED) is 0.178. The van der Waals surface area contributed by atoms with Gasteiger partial charge in [-0.15, -0.1) is 0 Å². The van der Waals surface area contributed by atoms with Crippen LogP contribution < -0.4 is 30.3 Å². The molecule has 3 aliphatic heterocycles. The first-order chi connectivity index (χ1) is 23.6. The lowest BCUT2D eigenvalue weighted by molar-refractivity contribution is -0.135. The molecule has 1 aromatic heterocycles. The molecule has 0 aliphatic carbocycles. The van der Waals surface area contributed by atoms with Crippen LogP contribution in [0.3, 0.4) is 0 Å².